The molecule has 0 bridgehead atoms. The van der Waals surface area contributed by atoms with Crippen LogP contribution in [0, 0.1) is 18.3 Å². The van der Waals surface area contributed by atoms with Gasteiger partial charge in [-0.05, 0) is 36.3 Å². The third-order valence-electron chi connectivity index (χ3n) is 3.09. The summed E-state index contributed by atoms with van der Waals surface area (Å²) < 4.78 is 0. The second kappa shape index (κ2) is 3.86. The van der Waals surface area contributed by atoms with E-state index in [0.29, 0.717) is 5.92 Å². The summed E-state index contributed by atoms with van der Waals surface area (Å²) in [7, 11) is 0. The Morgan fingerprint density at radius 2 is 2.07 bits per heavy atom. The molecular weight excluding hydrogens is 170 g/mol. The SMILES string of the molecule is C#CC(N)C1CCc2ccccc2C1. The summed E-state index contributed by atoms with van der Waals surface area (Å²) in [6, 6.07) is 8.49. The lowest BCUT2D eigenvalue weighted by Crippen LogP contribution is -2.32. The summed E-state index contributed by atoms with van der Waals surface area (Å²) in [5, 5.41) is 0. The zero-order chi connectivity index (χ0) is 9.97. The Morgan fingerprint density at radius 3 is 2.79 bits per heavy atom. The molecule has 0 radical (unpaired) electrons. The molecule has 0 fully saturated rings. The molecule has 0 saturated heterocycles. The smallest absolute Gasteiger partial charge is 0.0693 e. The fourth-order valence-corrected chi connectivity index (χ4v) is 2.17. The van der Waals surface area contributed by atoms with Crippen molar-refractivity contribution in [2.75, 3.05) is 0 Å². The molecule has 1 nitrogen and oxygen atoms in total. The van der Waals surface area contributed by atoms with Crippen LogP contribution in [0.15, 0.2) is 24.3 Å². The van der Waals surface area contributed by atoms with Gasteiger partial charge in [-0.3, -0.25) is 0 Å². The Balaban J connectivity index is 2.18. The highest BCUT2D eigenvalue weighted by atomic mass is 14.6. The predicted octanol–water partition coefficient (Wildman–Crippen LogP) is 1.75. The Kier molecular flexibility index (Phi) is 2.56. The zero-order valence-electron chi connectivity index (χ0n) is 8.24. The second-order valence-electron chi connectivity index (χ2n) is 3.96. The van der Waals surface area contributed by atoms with E-state index in [-0.39, 0.29) is 6.04 Å². The van der Waals surface area contributed by atoms with Gasteiger partial charge in [0.05, 0.1) is 6.04 Å². The predicted molar refractivity (Wildman–Crippen MR) is 58.8 cm³/mol. The molecule has 72 valence electrons. The largest absolute Gasteiger partial charge is 0.317 e. The van der Waals surface area contributed by atoms with Crippen LogP contribution in [-0.4, -0.2) is 6.04 Å². The average molecular weight is 185 g/mol. The molecule has 1 heteroatoms. The summed E-state index contributed by atoms with van der Waals surface area (Å²) in [6.07, 6.45) is 8.64. The fraction of sp³-hybridized carbons (Fsp3) is 0.385. The van der Waals surface area contributed by atoms with Gasteiger partial charge in [-0.15, -0.1) is 6.42 Å². The number of benzene rings is 1. The van der Waals surface area contributed by atoms with Crippen LogP contribution in [0.3, 0.4) is 0 Å². The molecule has 1 aromatic rings. The molecule has 0 aromatic heterocycles. The van der Waals surface area contributed by atoms with Gasteiger partial charge in [0.25, 0.3) is 0 Å². The summed E-state index contributed by atoms with van der Waals surface area (Å²) >= 11 is 0. The molecule has 14 heavy (non-hydrogen) atoms. The van der Waals surface area contributed by atoms with Crippen LogP contribution in [0.4, 0.5) is 0 Å². The first-order valence-corrected chi connectivity index (χ1v) is 5.09. The number of aryl methyl sites for hydroxylation is 1. The van der Waals surface area contributed by atoms with Gasteiger partial charge in [0.15, 0.2) is 0 Å². The molecule has 2 atom stereocenters. The van der Waals surface area contributed by atoms with Gasteiger partial charge in [-0.1, -0.05) is 30.2 Å². The minimum atomic E-state index is -0.0802. The molecule has 2 unspecified atom stereocenters. The van der Waals surface area contributed by atoms with Crippen LogP contribution in [0.2, 0.25) is 0 Å². The van der Waals surface area contributed by atoms with Crippen molar-refractivity contribution in [1.82, 2.24) is 0 Å². The van der Waals surface area contributed by atoms with Gasteiger partial charge in [0.1, 0.15) is 0 Å². The van der Waals surface area contributed by atoms with Gasteiger partial charge < -0.3 is 5.73 Å². The van der Waals surface area contributed by atoms with E-state index in [4.69, 9.17) is 12.2 Å². The van der Waals surface area contributed by atoms with Crippen molar-refractivity contribution in [1.29, 1.82) is 0 Å². The van der Waals surface area contributed by atoms with Gasteiger partial charge in [-0.2, -0.15) is 0 Å². The van der Waals surface area contributed by atoms with Crippen molar-refractivity contribution in [2.24, 2.45) is 11.7 Å². The molecular formula is C13H15N. The third kappa shape index (κ3) is 1.66. The van der Waals surface area contributed by atoms with E-state index in [1.807, 2.05) is 0 Å². The van der Waals surface area contributed by atoms with E-state index in [9.17, 15) is 0 Å². The molecule has 1 aliphatic rings. The maximum absolute atomic E-state index is 5.87. The highest BCUT2D eigenvalue weighted by Crippen LogP contribution is 2.26. The topological polar surface area (TPSA) is 26.0 Å². The van der Waals surface area contributed by atoms with E-state index in [1.54, 1.807) is 0 Å². The monoisotopic (exact) mass is 185 g/mol. The molecule has 2 N–H and O–H groups in total. The zero-order valence-corrected chi connectivity index (χ0v) is 8.24. The van der Waals surface area contributed by atoms with Gasteiger partial charge in [0, 0.05) is 0 Å². The summed E-state index contributed by atoms with van der Waals surface area (Å²) in [6.45, 7) is 0. The van der Waals surface area contributed by atoms with Crippen LogP contribution in [0.25, 0.3) is 0 Å². The second-order valence-corrected chi connectivity index (χ2v) is 3.96. The Hall–Kier alpha value is -1.26. The highest BCUT2D eigenvalue weighted by Gasteiger charge is 2.22. The van der Waals surface area contributed by atoms with Crippen molar-refractivity contribution in [3.05, 3.63) is 35.4 Å². The van der Waals surface area contributed by atoms with Crippen LogP contribution in [-0.2, 0) is 12.8 Å². The molecule has 0 spiro atoms. The van der Waals surface area contributed by atoms with Crippen LogP contribution >= 0.6 is 0 Å². The first-order valence-electron chi connectivity index (χ1n) is 5.09. The van der Waals surface area contributed by atoms with E-state index >= 15 is 0 Å². The molecule has 2 rings (SSSR count). The number of nitrogens with two attached hydrogens (primary N) is 1. The van der Waals surface area contributed by atoms with Crippen molar-refractivity contribution in [3.63, 3.8) is 0 Å². The summed E-state index contributed by atoms with van der Waals surface area (Å²) in [5.74, 6) is 3.11. The van der Waals surface area contributed by atoms with Gasteiger partial charge in [-0.25, -0.2) is 0 Å². The van der Waals surface area contributed by atoms with Gasteiger partial charge >= 0.3 is 0 Å². The summed E-state index contributed by atoms with van der Waals surface area (Å²) in [5.41, 5.74) is 8.76. The normalized spacial score (nSPS) is 22.1. The first-order chi connectivity index (χ1) is 6.81. The molecule has 0 saturated carbocycles. The van der Waals surface area contributed by atoms with Crippen LogP contribution in [0.1, 0.15) is 17.5 Å². The number of hydrogen-bond donors (Lipinski definition) is 1. The van der Waals surface area contributed by atoms with Crippen molar-refractivity contribution in [2.45, 2.75) is 25.3 Å². The fourth-order valence-electron chi connectivity index (χ4n) is 2.17. The van der Waals surface area contributed by atoms with Crippen LogP contribution < -0.4 is 5.73 Å². The lowest BCUT2D eigenvalue weighted by atomic mass is 9.80. The van der Waals surface area contributed by atoms with E-state index in [1.165, 1.54) is 11.1 Å². The highest BCUT2D eigenvalue weighted by molar-refractivity contribution is 5.30. The average Bonchev–Trinajstić information content (AvgIpc) is 2.27. The molecule has 0 amide bonds. The number of rotatable bonds is 1. The molecule has 1 aliphatic carbocycles. The quantitative estimate of drug-likeness (QED) is 0.663. The summed E-state index contributed by atoms with van der Waals surface area (Å²) in [4.78, 5) is 0. The first kappa shape index (κ1) is 9.30. The lowest BCUT2D eigenvalue weighted by molar-refractivity contribution is 0.425. The maximum Gasteiger partial charge on any atom is 0.0693 e. The Labute approximate surface area is 85.3 Å². The van der Waals surface area contributed by atoms with Crippen LogP contribution in [0.5, 0.6) is 0 Å². The van der Waals surface area contributed by atoms with Crippen molar-refractivity contribution >= 4 is 0 Å². The maximum atomic E-state index is 5.87. The molecule has 0 aliphatic heterocycles. The number of terminal acetylenes is 1. The Bertz CT molecular complexity index is 362. The number of fused-ring (bicyclic) bond motifs is 1. The number of hydrogen-bond acceptors (Lipinski definition) is 1. The van der Waals surface area contributed by atoms with Crippen molar-refractivity contribution in [3.8, 4) is 12.3 Å². The Morgan fingerprint density at radius 1 is 1.36 bits per heavy atom. The lowest BCUT2D eigenvalue weighted by Gasteiger charge is -2.26. The molecule has 0 heterocycles. The minimum absolute atomic E-state index is 0.0802. The van der Waals surface area contributed by atoms with E-state index < -0.39 is 0 Å². The molecule has 1 aromatic carbocycles. The standard InChI is InChI=1S/C13H15N/c1-2-13(14)12-8-7-10-5-3-4-6-11(10)9-12/h1,3-6,12-13H,7-9,14H2. The van der Waals surface area contributed by atoms with Crippen molar-refractivity contribution < 1.29 is 0 Å². The van der Waals surface area contributed by atoms with E-state index in [2.05, 4.69) is 30.2 Å². The van der Waals surface area contributed by atoms with E-state index in [0.717, 1.165) is 19.3 Å². The minimum Gasteiger partial charge on any atom is -0.317 e. The van der Waals surface area contributed by atoms with Gasteiger partial charge in [0.2, 0.25) is 0 Å². The third-order valence-corrected chi connectivity index (χ3v) is 3.09.